The molecule has 0 radical (unpaired) electrons. The molecule has 0 spiro atoms. The first-order chi connectivity index (χ1) is 22.1. The Morgan fingerprint density at radius 2 is 1.74 bits per heavy atom. The Kier molecular flexibility index (Phi) is 16.8. The van der Waals surface area contributed by atoms with Crippen molar-refractivity contribution >= 4 is 29.9 Å². The molecule has 5 rings (SSSR count). The van der Waals surface area contributed by atoms with E-state index < -0.39 is 5.92 Å². The smallest absolute Gasteiger partial charge is 0.271 e. The summed E-state index contributed by atoms with van der Waals surface area (Å²) in [4.78, 5) is 25.1. The summed E-state index contributed by atoms with van der Waals surface area (Å²) in [6, 6.07) is 16.5. The van der Waals surface area contributed by atoms with Gasteiger partial charge in [-0.1, -0.05) is 80.6 Å². The van der Waals surface area contributed by atoms with Crippen LogP contribution >= 0.6 is 11.3 Å². The van der Waals surface area contributed by atoms with Gasteiger partial charge in [-0.2, -0.15) is 0 Å². The van der Waals surface area contributed by atoms with Crippen LogP contribution in [-0.4, -0.2) is 50.1 Å². The number of hydrogen-bond donors (Lipinski definition) is 4. The van der Waals surface area contributed by atoms with Crippen LogP contribution in [0.1, 0.15) is 73.9 Å². The van der Waals surface area contributed by atoms with Gasteiger partial charge in [-0.25, -0.2) is 8.78 Å². The average Bonchev–Trinajstić information content (AvgIpc) is 3.69. The molecule has 1 saturated heterocycles. The highest BCUT2D eigenvalue weighted by molar-refractivity contribution is 7.10. The maximum atomic E-state index is 14.2. The number of alkyl halides is 2. The first-order valence-corrected chi connectivity index (χ1v) is 16.8. The Morgan fingerprint density at radius 1 is 1.09 bits per heavy atom. The van der Waals surface area contributed by atoms with E-state index in [1.807, 2.05) is 53.7 Å². The zero-order chi connectivity index (χ0) is 34.1. The molecule has 7 nitrogen and oxygen atoms in total. The summed E-state index contributed by atoms with van der Waals surface area (Å²) in [6.07, 6.45) is 9.55. The second-order valence-corrected chi connectivity index (χ2v) is 12.8. The minimum absolute atomic E-state index is 0.00167. The van der Waals surface area contributed by atoms with Gasteiger partial charge in [-0.15, -0.1) is 11.3 Å². The number of amides is 2. The molecule has 2 atom stereocenters. The van der Waals surface area contributed by atoms with Gasteiger partial charge in [0.25, 0.3) is 5.92 Å². The zero-order valence-corrected chi connectivity index (χ0v) is 28.4. The van der Waals surface area contributed by atoms with Crippen LogP contribution in [0.25, 0.3) is 11.1 Å². The van der Waals surface area contributed by atoms with Gasteiger partial charge in [0.2, 0.25) is 12.3 Å². The summed E-state index contributed by atoms with van der Waals surface area (Å²) in [7, 11) is 3.42. The van der Waals surface area contributed by atoms with Gasteiger partial charge >= 0.3 is 0 Å². The second-order valence-electron chi connectivity index (χ2n) is 11.8. The van der Waals surface area contributed by atoms with Crippen LogP contribution in [0.15, 0.2) is 60.0 Å². The third-order valence-electron chi connectivity index (χ3n) is 8.43. The number of benzene rings is 2. The van der Waals surface area contributed by atoms with Crippen LogP contribution in [0, 0.1) is 17.2 Å². The predicted molar refractivity (Wildman–Crippen MR) is 186 cm³/mol. The molecule has 2 fully saturated rings. The summed E-state index contributed by atoms with van der Waals surface area (Å²) in [5.41, 5.74) is 11.7. The molecule has 0 bridgehead atoms. The number of carbonyl (C=O) groups is 2. The molecule has 2 heterocycles. The van der Waals surface area contributed by atoms with Gasteiger partial charge in [0.15, 0.2) is 0 Å². The first-order valence-electron chi connectivity index (χ1n) is 15.9. The molecule has 6 N–H and O–H groups in total. The lowest BCUT2D eigenvalue weighted by atomic mass is 9.79. The van der Waals surface area contributed by atoms with Crippen molar-refractivity contribution in [3.63, 3.8) is 0 Å². The van der Waals surface area contributed by atoms with Gasteiger partial charge < -0.3 is 27.1 Å². The number of rotatable bonds is 8. The third-order valence-corrected chi connectivity index (χ3v) is 9.39. The number of hydrogen-bond acceptors (Lipinski definition) is 6. The van der Waals surface area contributed by atoms with E-state index in [1.165, 1.54) is 56.3 Å². The van der Waals surface area contributed by atoms with Gasteiger partial charge in [-0.3, -0.25) is 9.59 Å². The molecule has 2 aromatic carbocycles. The van der Waals surface area contributed by atoms with Gasteiger partial charge in [0, 0.05) is 48.3 Å². The lowest BCUT2D eigenvalue weighted by Crippen LogP contribution is -2.35. The molecule has 1 aliphatic heterocycles. The van der Waals surface area contributed by atoms with E-state index in [0.717, 1.165) is 49.0 Å². The third kappa shape index (κ3) is 11.7. The van der Waals surface area contributed by atoms with Crippen molar-refractivity contribution in [3.8, 4) is 11.1 Å². The number of halogens is 2. The van der Waals surface area contributed by atoms with Crippen molar-refractivity contribution in [1.29, 1.82) is 5.41 Å². The van der Waals surface area contributed by atoms with Crippen LogP contribution < -0.4 is 16.8 Å². The molecule has 10 heteroatoms. The maximum absolute atomic E-state index is 14.2. The predicted octanol–water partition coefficient (Wildman–Crippen LogP) is 6.97. The fourth-order valence-electron chi connectivity index (χ4n) is 6.32. The summed E-state index contributed by atoms with van der Waals surface area (Å²) in [5, 5.41) is 12.0. The van der Waals surface area contributed by atoms with Crippen molar-refractivity contribution in [2.75, 3.05) is 20.6 Å². The number of carbonyl (C=O) groups excluding carboxylic acids is 2. The number of likely N-dealkylation sites (tertiary alicyclic amines) is 1. The number of nitrogens with two attached hydrogens (primary N) is 2. The Hall–Kier alpha value is -3.47. The molecule has 46 heavy (non-hydrogen) atoms. The summed E-state index contributed by atoms with van der Waals surface area (Å²) >= 11 is 1.68. The quantitative estimate of drug-likeness (QED) is 0.155. The molecular weight excluding hydrogens is 604 g/mol. The Morgan fingerprint density at radius 3 is 2.30 bits per heavy atom. The highest BCUT2D eigenvalue weighted by atomic mass is 32.1. The molecule has 2 amide bonds. The largest absolute Gasteiger partial charge is 0.372 e. The maximum Gasteiger partial charge on any atom is 0.271 e. The van der Waals surface area contributed by atoms with Gasteiger partial charge in [-0.05, 0) is 67.4 Å². The number of nitrogens with zero attached hydrogens (tertiary/aromatic N) is 1. The minimum Gasteiger partial charge on any atom is -0.372 e. The number of nitrogens with one attached hydrogen (secondary N) is 2. The molecule has 2 aliphatic rings. The normalized spacial score (nSPS) is 17.8. The topological polar surface area (TPSA) is 125 Å². The van der Waals surface area contributed by atoms with Crippen molar-refractivity contribution in [3.05, 3.63) is 81.5 Å². The van der Waals surface area contributed by atoms with E-state index in [0.29, 0.717) is 11.5 Å². The molecular formula is C36H51F2N5O2S. The van der Waals surface area contributed by atoms with Crippen molar-refractivity contribution in [1.82, 2.24) is 10.2 Å². The monoisotopic (exact) mass is 655 g/mol. The summed E-state index contributed by atoms with van der Waals surface area (Å²) in [5.74, 6) is -1.46. The first kappa shape index (κ1) is 38.7. The minimum atomic E-state index is -2.94. The fraction of sp³-hybridized carbons (Fsp3) is 0.472. The van der Waals surface area contributed by atoms with Crippen LogP contribution in [0.3, 0.4) is 0 Å². The van der Waals surface area contributed by atoms with Crippen LogP contribution in [0.5, 0.6) is 0 Å². The summed E-state index contributed by atoms with van der Waals surface area (Å²) in [6.45, 7) is 4.83. The molecule has 1 saturated carbocycles. The fourth-order valence-corrected chi connectivity index (χ4v) is 7.18. The lowest BCUT2D eigenvalue weighted by molar-refractivity contribution is -0.131. The Labute approximate surface area is 277 Å². The van der Waals surface area contributed by atoms with E-state index in [4.69, 9.17) is 10.2 Å². The standard InChI is InChI=1S/C27H33F2NO.C7H10N2S.CH3NO.CH5N/c1-19-15-23(21-9-5-3-6-10-21)18-30(19)26(31)17-20-13-14-25(27(2,28)29)24(16-20)22-11-7-4-8-12-22;1-9-4-7-2-6(3-8)5-10-7;2-1-3;1-2/h4,7-8,11-14,16,19,21,23H,3,5-6,9-10,15,17-18H2,1-2H3;2-3,5,8-9H,4H2,1H3;1H,(H2,2,3);2H2,1H3. The van der Waals surface area contributed by atoms with Gasteiger partial charge in [0.1, 0.15) is 0 Å². The lowest BCUT2D eigenvalue weighted by Gasteiger charge is -2.27. The molecule has 252 valence electrons. The zero-order valence-electron chi connectivity index (χ0n) is 27.6. The van der Waals surface area contributed by atoms with E-state index in [9.17, 15) is 13.6 Å². The van der Waals surface area contributed by atoms with Gasteiger partial charge in [0.05, 0.1) is 6.42 Å². The number of primary amides is 1. The Bertz CT molecular complexity index is 1340. The van der Waals surface area contributed by atoms with Crippen LogP contribution in [0.2, 0.25) is 0 Å². The molecule has 1 aromatic heterocycles. The second kappa shape index (κ2) is 19.9. The molecule has 1 aliphatic carbocycles. The van der Waals surface area contributed by atoms with Crippen LogP contribution in [0.4, 0.5) is 8.78 Å². The van der Waals surface area contributed by atoms with E-state index in [2.05, 4.69) is 23.7 Å². The van der Waals surface area contributed by atoms with E-state index in [-0.39, 0.29) is 30.3 Å². The molecule has 3 aromatic rings. The van der Waals surface area contributed by atoms with E-state index in [1.54, 1.807) is 23.5 Å². The van der Waals surface area contributed by atoms with Crippen LogP contribution in [-0.2, 0) is 28.5 Å². The molecule has 2 unspecified atom stereocenters. The van der Waals surface area contributed by atoms with E-state index >= 15 is 0 Å². The summed E-state index contributed by atoms with van der Waals surface area (Å²) < 4.78 is 28.5. The van der Waals surface area contributed by atoms with Crippen molar-refractivity contribution < 1.29 is 18.4 Å². The average molecular weight is 656 g/mol. The number of thiophene rings is 1. The Balaban J connectivity index is 0.000000409. The SMILES string of the molecule is CC1CC(C2CCCCC2)CN1C(=O)Cc1ccc(C(C)(F)F)c(-c2ccccc2)c1.CN.CNCc1cc(C=N)cs1.NC=O. The van der Waals surface area contributed by atoms with Crippen molar-refractivity contribution in [2.24, 2.45) is 23.3 Å². The highest BCUT2D eigenvalue weighted by Crippen LogP contribution is 2.39. The highest BCUT2D eigenvalue weighted by Gasteiger charge is 2.37. The van der Waals surface area contributed by atoms with Crippen molar-refractivity contribution in [2.45, 2.75) is 77.3 Å².